The number of carbonyl (C=O) groups is 1. The van der Waals surface area contributed by atoms with E-state index in [0.717, 1.165) is 5.69 Å². The fourth-order valence-electron chi connectivity index (χ4n) is 2.60. The molecule has 5 heteroatoms. The molecule has 0 saturated heterocycles. The van der Waals surface area contributed by atoms with Gasteiger partial charge >= 0.3 is 0 Å². The first-order chi connectivity index (χ1) is 11.6. The second kappa shape index (κ2) is 7.47. The SMILES string of the molecule is CN(C)C(CNC(=O)c1ccc(-n2cccc2)cc1)c1cccs1. The summed E-state index contributed by atoms with van der Waals surface area (Å²) in [5.41, 5.74) is 1.72. The van der Waals surface area contributed by atoms with E-state index in [0.29, 0.717) is 12.1 Å². The van der Waals surface area contributed by atoms with Gasteiger partial charge < -0.3 is 14.8 Å². The predicted octanol–water partition coefficient (Wildman–Crippen LogP) is 3.57. The van der Waals surface area contributed by atoms with Gasteiger partial charge in [0.25, 0.3) is 5.91 Å². The fourth-order valence-corrected chi connectivity index (χ4v) is 3.52. The number of nitrogens with zero attached hydrogens (tertiary/aromatic N) is 2. The highest BCUT2D eigenvalue weighted by Gasteiger charge is 2.16. The molecule has 0 radical (unpaired) electrons. The van der Waals surface area contributed by atoms with E-state index in [-0.39, 0.29) is 11.9 Å². The Hall–Kier alpha value is -2.37. The number of aromatic nitrogens is 1. The second-order valence-corrected chi connectivity index (χ2v) is 6.82. The van der Waals surface area contributed by atoms with E-state index < -0.39 is 0 Å². The van der Waals surface area contributed by atoms with E-state index in [1.807, 2.05) is 73.5 Å². The van der Waals surface area contributed by atoms with Gasteiger partial charge in [0.05, 0.1) is 6.04 Å². The Morgan fingerprint density at radius 1 is 1.12 bits per heavy atom. The molecule has 0 aliphatic heterocycles. The van der Waals surface area contributed by atoms with E-state index in [2.05, 4.69) is 21.7 Å². The first-order valence-electron chi connectivity index (χ1n) is 7.86. The maximum absolute atomic E-state index is 12.4. The topological polar surface area (TPSA) is 37.3 Å². The van der Waals surface area contributed by atoms with Gasteiger partial charge in [-0.2, -0.15) is 0 Å². The summed E-state index contributed by atoms with van der Waals surface area (Å²) < 4.78 is 2.01. The number of rotatable bonds is 6. The third kappa shape index (κ3) is 3.75. The normalized spacial score (nSPS) is 12.3. The molecule has 1 amide bonds. The van der Waals surface area contributed by atoms with Gasteiger partial charge in [-0.3, -0.25) is 4.79 Å². The molecule has 2 aromatic heterocycles. The van der Waals surface area contributed by atoms with Crippen molar-refractivity contribution in [3.63, 3.8) is 0 Å². The smallest absolute Gasteiger partial charge is 0.251 e. The Balaban J connectivity index is 1.64. The summed E-state index contributed by atoms with van der Waals surface area (Å²) in [4.78, 5) is 15.8. The zero-order chi connectivity index (χ0) is 16.9. The summed E-state index contributed by atoms with van der Waals surface area (Å²) in [7, 11) is 4.06. The quantitative estimate of drug-likeness (QED) is 0.745. The number of hydrogen-bond acceptors (Lipinski definition) is 3. The zero-order valence-electron chi connectivity index (χ0n) is 13.8. The van der Waals surface area contributed by atoms with Crippen LogP contribution in [0.4, 0.5) is 0 Å². The molecule has 3 aromatic rings. The van der Waals surface area contributed by atoms with Crippen molar-refractivity contribution in [3.05, 3.63) is 76.7 Å². The minimum atomic E-state index is -0.0440. The van der Waals surface area contributed by atoms with Gasteiger partial charge in [0.15, 0.2) is 0 Å². The van der Waals surface area contributed by atoms with Crippen molar-refractivity contribution in [3.8, 4) is 5.69 Å². The van der Waals surface area contributed by atoms with Crippen LogP contribution in [0.15, 0.2) is 66.3 Å². The van der Waals surface area contributed by atoms with Crippen molar-refractivity contribution in [2.75, 3.05) is 20.6 Å². The van der Waals surface area contributed by atoms with Crippen molar-refractivity contribution in [2.24, 2.45) is 0 Å². The lowest BCUT2D eigenvalue weighted by molar-refractivity contribution is 0.0942. The van der Waals surface area contributed by atoms with Gasteiger partial charge in [-0.25, -0.2) is 0 Å². The molecule has 2 heterocycles. The summed E-state index contributed by atoms with van der Waals surface area (Å²) in [6.07, 6.45) is 3.97. The van der Waals surface area contributed by atoms with Crippen molar-refractivity contribution in [2.45, 2.75) is 6.04 Å². The van der Waals surface area contributed by atoms with Gasteiger partial charge in [-0.1, -0.05) is 6.07 Å². The van der Waals surface area contributed by atoms with Gasteiger partial charge in [0.1, 0.15) is 0 Å². The summed E-state index contributed by atoms with van der Waals surface area (Å²) in [5.74, 6) is -0.0440. The molecule has 0 aliphatic rings. The average molecular weight is 339 g/mol. The standard InChI is InChI=1S/C19H21N3OS/c1-21(2)17(18-6-5-13-24-18)14-20-19(23)15-7-9-16(10-8-15)22-11-3-4-12-22/h3-13,17H,14H2,1-2H3,(H,20,23). The maximum Gasteiger partial charge on any atom is 0.251 e. The van der Waals surface area contributed by atoms with Crippen LogP contribution in [0.2, 0.25) is 0 Å². The van der Waals surface area contributed by atoms with Gasteiger partial charge in [0.2, 0.25) is 0 Å². The van der Waals surface area contributed by atoms with E-state index in [1.54, 1.807) is 11.3 Å². The second-order valence-electron chi connectivity index (χ2n) is 5.84. The van der Waals surface area contributed by atoms with Gasteiger partial charge in [-0.05, 0) is 61.9 Å². The highest BCUT2D eigenvalue weighted by Crippen LogP contribution is 2.22. The Morgan fingerprint density at radius 2 is 1.83 bits per heavy atom. The monoisotopic (exact) mass is 339 g/mol. The maximum atomic E-state index is 12.4. The van der Waals surface area contributed by atoms with Crippen molar-refractivity contribution in [1.29, 1.82) is 0 Å². The first kappa shape index (κ1) is 16.5. The largest absolute Gasteiger partial charge is 0.350 e. The average Bonchev–Trinajstić information content (AvgIpc) is 3.28. The van der Waals surface area contributed by atoms with E-state index in [1.165, 1.54) is 4.88 Å². The molecule has 124 valence electrons. The van der Waals surface area contributed by atoms with Crippen molar-refractivity contribution in [1.82, 2.24) is 14.8 Å². The fraction of sp³-hybridized carbons (Fsp3) is 0.211. The molecule has 0 aliphatic carbocycles. The number of thiophene rings is 1. The lowest BCUT2D eigenvalue weighted by atomic mass is 10.1. The minimum Gasteiger partial charge on any atom is -0.350 e. The summed E-state index contributed by atoms with van der Waals surface area (Å²) in [5, 5.41) is 5.11. The third-order valence-corrected chi connectivity index (χ3v) is 4.96. The molecular weight excluding hydrogens is 318 g/mol. The van der Waals surface area contributed by atoms with Crippen LogP contribution in [-0.2, 0) is 0 Å². The van der Waals surface area contributed by atoms with Crippen molar-refractivity contribution >= 4 is 17.2 Å². The van der Waals surface area contributed by atoms with Crippen molar-refractivity contribution < 1.29 is 4.79 Å². The predicted molar refractivity (Wildman–Crippen MR) is 98.8 cm³/mol. The summed E-state index contributed by atoms with van der Waals surface area (Å²) in [6, 6.07) is 15.9. The Bertz CT molecular complexity index is 762. The zero-order valence-corrected chi connectivity index (χ0v) is 14.7. The molecule has 0 fully saturated rings. The van der Waals surface area contributed by atoms with Crippen LogP contribution in [0.3, 0.4) is 0 Å². The van der Waals surface area contributed by atoms with Crippen LogP contribution in [-0.4, -0.2) is 36.0 Å². The summed E-state index contributed by atoms with van der Waals surface area (Å²) in [6.45, 7) is 0.589. The number of likely N-dealkylation sites (N-methyl/N-ethyl adjacent to an activating group) is 1. The minimum absolute atomic E-state index is 0.0440. The molecule has 0 spiro atoms. The van der Waals surface area contributed by atoms with Crippen LogP contribution in [0, 0.1) is 0 Å². The molecule has 3 rings (SSSR count). The van der Waals surface area contributed by atoms with Gasteiger partial charge in [-0.15, -0.1) is 11.3 Å². The van der Waals surface area contributed by atoms with E-state index in [9.17, 15) is 4.79 Å². The molecular formula is C19H21N3OS. The van der Waals surface area contributed by atoms with Crippen LogP contribution < -0.4 is 5.32 Å². The molecule has 1 unspecified atom stereocenters. The molecule has 1 aromatic carbocycles. The number of hydrogen-bond donors (Lipinski definition) is 1. The Morgan fingerprint density at radius 3 is 2.42 bits per heavy atom. The number of amides is 1. The lowest BCUT2D eigenvalue weighted by Gasteiger charge is -2.23. The third-order valence-electron chi connectivity index (χ3n) is 3.98. The number of carbonyl (C=O) groups excluding carboxylic acids is 1. The first-order valence-corrected chi connectivity index (χ1v) is 8.74. The molecule has 0 bridgehead atoms. The van der Waals surface area contributed by atoms with Crippen LogP contribution in [0.5, 0.6) is 0 Å². The molecule has 1 N–H and O–H groups in total. The van der Waals surface area contributed by atoms with Crippen LogP contribution in [0.25, 0.3) is 5.69 Å². The van der Waals surface area contributed by atoms with Crippen LogP contribution in [0.1, 0.15) is 21.3 Å². The number of benzene rings is 1. The highest BCUT2D eigenvalue weighted by atomic mass is 32.1. The Kier molecular flexibility index (Phi) is 5.13. The molecule has 0 saturated carbocycles. The summed E-state index contributed by atoms with van der Waals surface area (Å²) >= 11 is 1.71. The Labute approximate surface area is 146 Å². The van der Waals surface area contributed by atoms with Crippen LogP contribution >= 0.6 is 11.3 Å². The lowest BCUT2D eigenvalue weighted by Crippen LogP contribution is -2.34. The van der Waals surface area contributed by atoms with E-state index in [4.69, 9.17) is 0 Å². The van der Waals surface area contributed by atoms with Gasteiger partial charge in [0, 0.05) is 35.1 Å². The molecule has 4 nitrogen and oxygen atoms in total. The highest BCUT2D eigenvalue weighted by molar-refractivity contribution is 7.10. The molecule has 1 atom stereocenters. The molecule has 24 heavy (non-hydrogen) atoms. The number of nitrogens with one attached hydrogen (secondary N) is 1. The van der Waals surface area contributed by atoms with E-state index >= 15 is 0 Å².